The van der Waals surface area contributed by atoms with Gasteiger partial charge in [-0.2, -0.15) is 0 Å². The lowest BCUT2D eigenvalue weighted by Crippen LogP contribution is -2.50. The van der Waals surface area contributed by atoms with Crippen molar-refractivity contribution in [2.24, 2.45) is 0 Å². The molecule has 0 aliphatic carbocycles. The summed E-state index contributed by atoms with van der Waals surface area (Å²) in [6.07, 6.45) is 2.93. The van der Waals surface area contributed by atoms with E-state index in [2.05, 4.69) is 5.32 Å². The molecule has 2 amide bonds. The minimum Gasteiger partial charge on any atom is -0.352 e. The van der Waals surface area contributed by atoms with Crippen molar-refractivity contribution in [2.75, 3.05) is 17.1 Å². The van der Waals surface area contributed by atoms with Crippen LogP contribution in [-0.2, 0) is 26.2 Å². The van der Waals surface area contributed by atoms with E-state index in [9.17, 15) is 18.0 Å². The molecule has 8 heteroatoms. The minimum absolute atomic E-state index is 0.0137. The lowest BCUT2D eigenvalue weighted by molar-refractivity contribution is -0.141. The van der Waals surface area contributed by atoms with Crippen LogP contribution in [0.25, 0.3) is 0 Å². The first-order valence-electron chi connectivity index (χ1n) is 12.7. The van der Waals surface area contributed by atoms with Crippen LogP contribution in [0.2, 0.25) is 0 Å². The number of nitrogens with one attached hydrogen (secondary N) is 1. The average molecular weight is 516 g/mol. The van der Waals surface area contributed by atoms with E-state index in [-0.39, 0.29) is 30.8 Å². The van der Waals surface area contributed by atoms with Crippen molar-refractivity contribution in [2.45, 2.75) is 78.9 Å². The monoisotopic (exact) mass is 515 g/mol. The Labute approximate surface area is 216 Å². The van der Waals surface area contributed by atoms with Gasteiger partial charge in [-0.25, -0.2) is 8.42 Å². The molecule has 0 aliphatic rings. The zero-order chi connectivity index (χ0) is 26.9. The first-order valence-corrected chi connectivity index (χ1v) is 14.5. The molecule has 2 rings (SSSR count). The molecule has 2 atom stereocenters. The second kappa shape index (κ2) is 13.4. The molecule has 0 saturated heterocycles. The maximum absolute atomic E-state index is 13.5. The number of benzene rings is 2. The van der Waals surface area contributed by atoms with Crippen LogP contribution < -0.4 is 9.62 Å². The van der Waals surface area contributed by atoms with Gasteiger partial charge in [-0.15, -0.1) is 0 Å². The quantitative estimate of drug-likeness (QED) is 0.423. The largest absolute Gasteiger partial charge is 0.352 e. The first-order chi connectivity index (χ1) is 17.0. The Bertz CT molecular complexity index is 1120. The topological polar surface area (TPSA) is 86.8 Å². The lowest BCUT2D eigenvalue weighted by Gasteiger charge is -2.32. The third-order valence-corrected chi connectivity index (χ3v) is 7.66. The van der Waals surface area contributed by atoms with Gasteiger partial charge < -0.3 is 10.2 Å². The van der Waals surface area contributed by atoms with Gasteiger partial charge in [0.05, 0.1) is 11.9 Å². The van der Waals surface area contributed by atoms with E-state index in [0.29, 0.717) is 25.1 Å². The van der Waals surface area contributed by atoms with E-state index >= 15 is 0 Å². The third-order valence-electron chi connectivity index (χ3n) is 6.46. The SMILES string of the molecule is CC[C@H](C)NC(=O)[C@H](CC)N(Cc1ccccc1C)C(=O)CCCN(c1ccc(C)cc1)S(C)(=O)=O. The fourth-order valence-electron chi connectivity index (χ4n) is 4.05. The molecule has 0 radical (unpaired) electrons. The molecule has 7 nitrogen and oxygen atoms in total. The average Bonchev–Trinajstić information content (AvgIpc) is 2.82. The number of carbonyl (C=O) groups excluding carboxylic acids is 2. The number of anilines is 1. The summed E-state index contributed by atoms with van der Waals surface area (Å²) in [4.78, 5) is 28.3. The zero-order valence-electron chi connectivity index (χ0n) is 22.5. The number of carbonyl (C=O) groups is 2. The maximum Gasteiger partial charge on any atom is 0.243 e. The molecule has 1 N–H and O–H groups in total. The highest BCUT2D eigenvalue weighted by molar-refractivity contribution is 7.92. The highest BCUT2D eigenvalue weighted by Gasteiger charge is 2.29. The van der Waals surface area contributed by atoms with E-state index in [1.54, 1.807) is 17.0 Å². The lowest BCUT2D eigenvalue weighted by atomic mass is 10.0. The molecule has 2 aromatic rings. The molecule has 0 bridgehead atoms. The summed E-state index contributed by atoms with van der Waals surface area (Å²) in [6.45, 7) is 10.3. The molecule has 36 heavy (non-hydrogen) atoms. The highest BCUT2D eigenvalue weighted by atomic mass is 32.2. The fraction of sp³-hybridized carbons (Fsp3) is 0.500. The van der Waals surface area contributed by atoms with Gasteiger partial charge in [-0.05, 0) is 63.3 Å². The van der Waals surface area contributed by atoms with E-state index < -0.39 is 16.1 Å². The number of rotatable bonds is 13. The second-order valence-electron chi connectivity index (χ2n) is 9.46. The molecule has 0 spiro atoms. The van der Waals surface area contributed by atoms with Crippen molar-refractivity contribution in [3.05, 3.63) is 65.2 Å². The molecule has 198 valence electrons. The maximum atomic E-state index is 13.5. The molecule has 0 fully saturated rings. The van der Waals surface area contributed by atoms with Gasteiger partial charge in [0.1, 0.15) is 6.04 Å². The predicted molar refractivity (Wildman–Crippen MR) is 146 cm³/mol. The number of sulfonamides is 1. The van der Waals surface area contributed by atoms with Crippen LogP contribution in [0.4, 0.5) is 5.69 Å². The Balaban J connectivity index is 2.23. The van der Waals surface area contributed by atoms with Gasteiger partial charge in [0.2, 0.25) is 21.8 Å². The number of hydrogen-bond acceptors (Lipinski definition) is 4. The third kappa shape index (κ3) is 8.36. The fourth-order valence-corrected chi connectivity index (χ4v) is 5.01. The zero-order valence-corrected chi connectivity index (χ0v) is 23.3. The highest BCUT2D eigenvalue weighted by Crippen LogP contribution is 2.21. The van der Waals surface area contributed by atoms with Gasteiger partial charge in [0.15, 0.2) is 0 Å². The van der Waals surface area contributed by atoms with Gasteiger partial charge in [0, 0.05) is 25.6 Å². The van der Waals surface area contributed by atoms with Crippen molar-refractivity contribution >= 4 is 27.5 Å². The smallest absolute Gasteiger partial charge is 0.243 e. The Kier molecular flexibility index (Phi) is 11.0. The number of amides is 2. The predicted octanol–water partition coefficient (Wildman–Crippen LogP) is 4.57. The summed E-state index contributed by atoms with van der Waals surface area (Å²) in [5.74, 6) is -0.326. The van der Waals surface area contributed by atoms with Gasteiger partial charge >= 0.3 is 0 Å². The molecular weight excluding hydrogens is 474 g/mol. The van der Waals surface area contributed by atoms with Crippen molar-refractivity contribution in [3.8, 4) is 0 Å². The van der Waals surface area contributed by atoms with Crippen molar-refractivity contribution in [1.29, 1.82) is 0 Å². The molecule has 0 heterocycles. The summed E-state index contributed by atoms with van der Waals surface area (Å²) in [5.41, 5.74) is 3.65. The Morgan fingerprint density at radius 3 is 2.17 bits per heavy atom. The first kappa shape index (κ1) is 29.4. The van der Waals surface area contributed by atoms with Gasteiger partial charge in [0.25, 0.3) is 0 Å². The van der Waals surface area contributed by atoms with Gasteiger partial charge in [-0.1, -0.05) is 55.8 Å². The molecule has 0 saturated carbocycles. The summed E-state index contributed by atoms with van der Waals surface area (Å²) < 4.78 is 26.2. The van der Waals surface area contributed by atoms with E-state index in [1.165, 1.54) is 10.6 Å². The Hall–Kier alpha value is -2.87. The molecular formula is C28H41N3O4S. The second-order valence-corrected chi connectivity index (χ2v) is 11.4. The number of aryl methyl sites for hydroxylation is 2. The number of hydrogen-bond donors (Lipinski definition) is 1. The van der Waals surface area contributed by atoms with Crippen molar-refractivity contribution in [1.82, 2.24) is 10.2 Å². The molecule has 2 aromatic carbocycles. The van der Waals surface area contributed by atoms with Crippen LogP contribution in [0.1, 0.15) is 63.1 Å². The Morgan fingerprint density at radius 1 is 0.972 bits per heavy atom. The van der Waals surface area contributed by atoms with Crippen LogP contribution in [0.15, 0.2) is 48.5 Å². The molecule has 0 aliphatic heterocycles. The van der Waals surface area contributed by atoms with Gasteiger partial charge in [-0.3, -0.25) is 13.9 Å². The van der Waals surface area contributed by atoms with E-state index in [4.69, 9.17) is 0 Å². The van der Waals surface area contributed by atoms with Crippen LogP contribution in [-0.4, -0.2) is 50.0 Å². The minimum atomic E-state index is -3.51. The van der Waals surface area contributed by atoms with Crippen LogP contribution in [0, 0.1) is 13.8 Å². The normalized spacial score (nSPS) is 13.1. The Morgan fingerprint density at radius 2 is 1.61 bits per heavy atom. The number of nitrogens with zero attached hydrogens (tertiary/aromatic N) is 2. The van der Waals surface area contributed by atoms with E-state index in [0.717, 1.165) is 23.1 Å². The van der Waals surface area contributed by atoms with Crippen LogP contribution >= 0.6 is 0 Å². The van der Waals surface area contributed by atoms with Crippen molar-refractivity contribution in [3.63, 3.8) is 0 Å². The summed E-state index contributed by atoms with van der Waals surface area (Å²) in [5, 5.41) is 3.02. The molecule has 0 unspecified atom stereocenters. The summed E-state index contributed by atoms with van der Waals surface area (Å²) in [7, 11) is -3.51. The summed E-state index contributed by atoms with van der Waals surface area (Å²) in [6, 6.07) is 14.5. The standard InChI is InChI=1S/C28H41N3O4S/c1-7-23(5)29-28(33)26(8-2)30(20-24-13-10-9-12-22(24)4)27(32)14-11-19-31(36(6,34)35)25-17-15-21(3)16-18-25/h9-10,12-13,15-18,23,26H,7-8,11,14,19-20H2,1-6H3,(H,29,33)/t23-,26-/m0/s1. The van der Waals surface area contributed by atoms with Crippen LogP contribution in [0.3, 0.4) is 0 Å². The van der Waals surface area contributed by atoms with Crippen LogP contribution in [0.5, 0.6) is 0 Å². The van der Waals surface area contributed by atoms with E-state index in [1.807, 2.05) is 71.0 Å². The summed E-state index contributed by atoms with van der Waals surface area (Å²) >= 11 is 0. The molecule has 0 aromatic heterocycles. The van der Waals surface area contributed by atoms with Crippen molar-refractivity contribution < 1.29 is 18.0 Å².